The molecule has 0 bridgehead atoms. The monoisotopic (exact) mass is 301 g/mol. The van der Waals surface area contributed by atoms with Gasteiger partial charge in [0.2, 0.25) is 5.91 Å². The molecule has 3 aliphatic rings. The van der Waals surface area contributed by atoms with Crippen molar-refractivity contribution in [1.82, 2.24) is 4.90 Å². The summed E-state index contributed by atoms with van der Waals surface area (Å²) in [6.45, 7) is 0.916. The maximum absolute atomic E-state index is 13.9. The van der Waals surface area contributed by atoms with Gasteiger partial charge in [-0.25, -0.2) is 4.39 Å². The molecule has 2 saturated carbocycles. The molecule has 118 valence electrons. The maximum Gasteiger partial charge on any atom is 0.226 e. The molecular weight excluding hydrogens is 277 g/mol. The van der Waals surface area contributed by atoms with Gasteiger partial charge < -0.3 is 4.90 Å². The first-order valence-electron chi connectivity index (χ1n) is 8.77. The summed E-state index contributed by atoms with van der Waals surface area (Å²) in [5.41, 5.74) is 0.885. The first-order valence-corrected chi connectivity index (χ1v) is 8.77. The third kappa shape index (κ3) is 2.26. The molecule has 1 aliphatic heterocycles. The van der Waals surface area contributed by atoms with E-state index in [9.17, 15) is 9.18 Å². The summed E-state index contributed by atoms with van der Waals surface area (Å²) in [4.78, 5) is 15.2. The van der Waals surface area contributed by atoms with Gasteiger partial charge in [-0.05, 0) is 49.7 Å². The predicted octanol–water partition coefficient (Wildman–Crippen LogP) is 4.25. The van der Waals surface area contributed by atoms with E-state index < -0.39 is 0 Å². The minimum atomic E-state index is -0.156. The molecule has 22 heavy (non-hydrogen) atoms. The molecule has 1 aromatic carbocycles. The Morgan fingerprint density at radius 3 is 2.59 bits per heavy atom. The van der Waals surface area contributed by atoms with Crippen molar-refractivity contribution in [2.24, 2.45) is 5.92 Å². The number of hydrogen-bond donors (Lipinski definition) is 0. The van der Waals surface area contributed by atoms with Crippen LogP contribution in [0.4, 0.5) is 4.39 Å². The van der Waals surface area contributed by atoms with Crippen LogP contribution in [0.15, 0.2) is 24.3 Å². The number of amides is 1. The van der Waals surface area contributed by atoms with Crippen LogP contribution in [0, 0.1) is 11.7 Å². The normalized spacial score (nSPS) is 29.8. The highest BCUT2D eigenvalue weighted by atomic mass is 19.1. The van der Waals surface area contributed by atoms with E-state index in [0.717, 1.165) is 24.9 Å². The standard InChI is InChI=1S/C19H24FNO/c20-17-8-3-2-7-14(17)15-13-16(15)18(22)21-12-6-11-19(21)9-4-1-5-10-19/h2-3,7-8,15-16H,1,4-6,9-13H2/t15-,16+/m0/s1. The van der Waals surface area contributed by atoms with E-state index in [2.05, 4.69) is 4.90 Å². The third-order valence-corrected chi connectivity index (χ3v) is 6.06. The van der Waals surface area contributed by atoms with Crippen LogP contribution in [0.1, 0.15) is 62.8 Å². The average Bonchev–Trinajstić information content (AvgIpc) is 3.24. The van der Waals surface area contributed by atoms with Crippen LogP contribution in [0.5, 0.6) is 0 Å². The van der Waals surface area contributed by atoms with Crippen LogP contribution in [-0.2, 0) is 4.79 Å². The number of halogens is 1. The van der Waals surface area contributed by atoms with Crippen molar-refractivity contribution in [3.63, 3.8) is 0 Å². The second-order valence-corrected chi connectivity index (χ2v) is 7.35. The van der Waals surface area contributed by atoms with Crippen LogP contribution in [0.25, 0.3) is 0 Å². The molecule has 2 nitrogen and oxygen atoms in total. The van der Waals surface area contributed by atoms with Crippen LogP contribution < -0.4 is 0 Å². The number of nitrogens with zero attached hydrogens (tertiary/aromatic N) is 1. The minimum absolute atomic E-state index is 0.0220. The number of carbonyl (C=O) groups excluding carboxylic acids is 1. The Hall–Kier alpha value is -1.38. The van der Waals surface area contributed by atoms with Gasteiger partial charge in [0.15, 0.2) is 0 Å². The summed E-state index contributed by atoms with van der Waals surface area (Å²) in [5.74, 6) is 0.271. The second-order valence-electron chi connectivity index (χ2n) is 7.35. The lowest BCUT2D eigenvalue weighted by molar-refractivity contribution is -0.138. The largest absolute Gasteiger partial charge is 0.337 e. The molecule has 1 spiro atoms. The van der Waals surface area contributed by atoms with Gasteiger partial charge >= 0.3 is 0 Å². The minimum Gasteiger partial charge on any atom is -0.337 e. The van der Waals surface area contributed by atoms with Crippen molar-refractivity contribution in [1.29, 1.82) is 0 Å². The van der Waals surface area contributed by atoms with Gasteiger partial charge in [0, 0.05) is 18.0 Å². The Bertz CT molecular complexity index is 579. The van der Waals surface area contributed by atoms with E-state index in [-0.39, 0.29) is 23.2 Å². The zero-order chi connectivity index (χ0) is 15.2. The van der Waals surface area contributed by atoms with Crippen molar-refractivity contribution >= 4 is 5.91 Å². The van der Waals surface area contributed by atoms with Crippen molar-refractivity contribution in [3.8, 4) is 0 Å². The van der Waals surface area contributed by atoms with Gasteiger partial charge in [-0.3, -0.25) is 4.79 Å². The van der Waals surface area contributed by atoms with E-state index in [4.69, 9.17) is 0 Å². The summed E-state index contributed by atoms with van der Waals surface area (Å²) in [5, 5.41) is 0. The maximum atomic E-state index is 13.9. The van der Waals surface area contributed by atoms with Crippen molar-refractivity contribution in [3.05, 3.63) is 35.6 Å². The number of benzene rings is 1. The van der Waals surface area contributed by atoms with Crippen molar-refractivity contribution in [2.75, 3.05) is 6.54 Å². The highest BCUT2D eigenvalue weighted by molar-refractivity contribution is 5.84. The van der Waals surface area contributed by atoms with E-state index in [1.165, 1.54) is 44.6 Å². The lowest BCUT2D eigenvalue weighted by Gasteiger charge is -2.42. The first kappa shape index (κ1) is 14.2. The predicted molar refractivity (Wildman–Crippen MR) is 84.0 cm³/mol. The van der Waals surface area contributed by atoms with Crippen LogP contribution in [0.3, 0.4) is 0 Å². The number of rotatable bonds is 2. The second kappa shape index (κ2) is 5.36. The lowest BCUT2D eigenvalue weighted by atomic mass is 9.79. The Labute approximate surface area is 131 Å². The summed E-state index contributed by atoms with van der Waals surface area (Å²) in [7, 11) is 0. The van der Waals surface area contributed by atoms with Gasteiger partial charge in [0.1, 0.15) is 5.82 Å². The number of hydrogen-bond acceptors (Lipinski definition) is 1. The molecule has 1 saturated heterocycles. The molecule has 0 aromatic heterocycles. The molecular formula is C19H24FNO. The molecule has 2 aliphatic carbocycles. The van der Waals surface area contributed by atoms with Gasteiger partial charge in [0.05, 0.1) is 0 Å². The van der Waals surface area contributed by atoms with Gasteiger partial charge in [-0.2, -0.15) is 0 Å². The third-order valence-electron chi connectivity index (χ3n) is 6.06. The highest BCUT2D eigenvalue weighted by Gasteiger charge is 2.52. The van der Waals surface area contributed by atoms with E-state index in [1.54, 1.807) is 6.07 Å². The molecule has 0 unspecified atom stereocenters. The smallest absolute Gasteiger partial charge is 0.226 e. The fraction of sp³-hybridized carbons (Fsp3) is 0.632. The van der Waals surface area contributed by atoms with E-state index in [1.807, 2.05) is 12.1 Å². The van der Waals surface area contributed by atoms with Crippen LogP contribution in [0.2, 0.25) is 0 Å². The molecule has 1 amide bonds. The molecule has 3 heteroatoms. The number of carbonyl (C=O) groups is 1. The summed E-state index contributed by atoms with van der Waals surface area (Å²) < 4.78 is 13.9. The van der Waals surface area contributed by atoms with Gasteiger partial charge in [0.25, 0.3) is 0 Å². The first-order chi connectivity index (χ1) is 10.7. The van der Waals surface area contributed by atoms with E-state index in [0.29, 0.717) is 5.91 Å². The average molecular weight is 301 g/mol. The summed E-state index contributed by atoms with van der Waals surface area (Å²) >= 11 is 0. The highest BCUT2D eigenvalue weighted by Crippen LogP contribution is 2.52. The van der Waals surface area contributed by atoms with Crippen molar-refractivity contribution in [2.45, 2.75) is 62.8 Å². The Morgan fingerprint density at radius 2 is 1.82 bits per heavy atom. The molecule has 2 atom stereocenters. The van der Waals surface area contributed by atoms with Crippen LogP contribution in [-0.4, -0.2) is 22.9 Å². The zero-order valence-corrected chi connectivity index (χ0v) is 13.1. The fourth-order valence-electron chi connectivity index (χ4n) is 4.80. The summed E-state index contributed by atoms with van der Waals surface area (Å²) in [6, 6.07) is 6.94. The SMILES string of the molecule is O=C([C@@H]1C[C@H]1c1ccccc1F)N1CCCC12CCCCC2. The van der Waals surface area contributed by atoms with Crippen LogP contribution >= 0.6 is 0 Å². The van der Waals surface area contributed by atoms with E-state index >= 15 is 0 Å². The molecule has 3 fully saturated rings. The quantitative estimate of drug-likeness (QED) is 0.799. The lowest BCUT2D eigenvalue weighted by Crippen LogP contribution is -2.49. The topological polar surface area (TPSA) is 20.3 Å². The fourth-order valence-corrected chi connectivity index (χ4v) is 4.80. The number of likely N-dealkylation sites (tertiary alicyclic amines) is 1. The zero-order valence-electron chi connectivity index (χ0n) is 13.1. The molecule has 0 radical (unpaired) electrons. The Balaban J connectivity index is 1.50. The molecule has 1 heterocycles. The van der Waals surface area contributed by atoms with Gasteiger partial charge in [-0.15, -0.1) is 0 Å². The summed E-state index contributed by atoms with van der Waals surface area (Å²) in [6.07, 6.45) is 9.32. The molecule has 4 rings (SSSR count). The Morgan fingerprint density at radius 1 is 1.09 bits per heavy atom. The molecule has 1 aromatic rings. The Kier molecular flexibility index (Phi) is 3.47. The van der Waals surface area contributed by atoms with Gasteiger partial charge in [-0.1, -0.05) is 37.5 Å². The van der Waals surface area contributed by atoms with Crippen molar-refractivity contribution < 1.29 is 9.18 Å². The molecule has 0 N–H and O–H groups in total.